The van der Waals surface area contributed by atoms with Gasteiger partial charge in [-0.3, -0.25) is 20.2 Å². The molecule has 2 N–H and O–H groups in total. The Balaban J connectivity index is 2.46. The molecule has 0 atom stereocenters. The zero-order valence-corrected chi connectivity index (χ0v) is 17.0. The summed E-state index contributed by atoms with van der Waals surface area (Å²) in [6.45, 7) is 10.7. The van der Waals surface area contributed by atoms with E-state index in [9.17, 15) is 9.59 Å². The fourth-order valence-corrected chi connectivity index (χ4v) is 1.91. The van der Waals surface area contributed by atoms with Crippen LogP contribution >= 0.6 is 0 Å². The van der Waals surface area contributed by atoms with Crippen LogP contribution < -0.4 is 10.6 Å². The van der Waals surface area contributed by atoms with Crippen molar-refractivity contribution in [3.63, 3.8) is 0 Å². The minimum Gasteiger partial charge on any atom is -0.294 e. The van der Waals surface area contributed by atoms with E-state index in [-0.39, 0.29) is 23.7 Å². The van der Waals surface area contributed by atoms with Crippen molar-refractivity contribution < 1.29 is 9.59 Å². The maximum Gasteiger partial charge on any atom is 0.234 e. The maximum absolute atomic E-state index is 12.3. The number of hydrogen-bond acceptors (Lipinski definition) is 5. The van der Waals surface area contributed by atoms with Gasteiger partial charge in [-0.25, -0.2) is 0 Å². The topological polar surface area (TPSA) is 96.9 Å². The second-order valence-corrected chi connectivity index (χ2v) is 8.44. The van der Waals surface area contributed by atoms with E-state index in [4.69, 9.17) is 6.42 Å². The molecule has 1 aromatic heterocycles. The lowest BCUT2D eigenvalue weighted by atomic mass is 9.96. The summed E-state index contributed by atoms with van der Waals surface area (Å²) in [5.41, 5.74) is 0.144. The van der Waals surface area contributed by atoms with E-state index in [1.54, 1.807) is 65.8 Å². The van der Waals surface area contributed by atoms with E-state index in [2.05, 4.69) is 31.5 Å². The molecule has 0 aliphatic carbocycles. The summed E-state index contributed by atoms with van der Waals surface area (Å²) in [5, 5.41) is 5.36. The first-order valence-electron chi connectivity index (χ1n) is 8.86. The molecular weight excluding hydrogens is 354 g/mol. The molecule has 0 radical (unpaired) electrons. The van der Waals surface area contributed by atoms with Crippen molar-refractivity contribution in [1.82, 2.24) is 15.0 Å². The molecule has 0 fully saturated rings. The van der Waals surface area contributed by atoms with Crippen LogP contribution in [0, 0.1) is 23.2 Å². The van der Waals surface area contributed by atoms with E-state index in [0.717, 1.165) is 5.56 Å². The minimum absolute atomic E-state index is 0.0650. The molecule has 1 aromatic carbocycles. The average Bonchev–Trinajstić information content (AvgIpc) is 2.60. The molecule has 0 saturated heterocycles. The molecule has 0 aliphatic rings. The molecule has 1 heterocycles. The Bertz CT molecular complexity index is 883. The van der Waals surface area contributed by atoms with E-state index >= 15 is 0 Å². The van der Waals surface area contributed by atoms with Gasteiger partial charge in [-0.15, -0.1) is 6.42 Å². The van der Waals surface area contributed by atoms with Crippen LogP contribution in [-0.2, 0) is 9.59 Å². The van der Waals surface area contributed by atoms with E-state index < -0.39 is 10.8 Å². The van der Waals surface area contributed by atoms with Gasteiger partial charge in [-0.05, 0) is 24.3 Å². The number of amides is 2. The molecule has 146 valence electrons. The number of rotatable bonds is 3. The highest BCUT2D eigenvalue weighted by Crippen LogP contribution is 2.22. The molecule has 2 aromatic rings. The summed E-state index contributed by atoms with van der Waals surface area (Å²) >= 11 is 0. The SMILES string of the molecule is C#Cc1ccc(-c2nc(NC(=O)C(C)(C)C)nc(NC(=O)C(C)(C)C)n2)cc1. The molecule has 7 heteroatoms. The first kappa shape index (κ1) is 21.0. The highest BCUT2D eigenvalue weighted by atomic mass is 16.2. The molecule has 0 bridgehead atoms. The van der Waals surface area contributed by atoms with Crippen LogP contribution in [0.5, 0.6) is 0 Å². The molecule has 7 nitrogen and oxygen atoms in total. The number of benzene rings is 1. The fourth-order valence-electron chi connectivity index (χ4n) is 1.91. The molecule has 0 unspecified atom stereocenters. The number of carbonyl (C=O) groups is 2. The second-order valence-electron chi connectivity index (χ2n) is 8.44. The Morgan fingerprint density at radius 1 is 0.821 bits per heavy atom. The lowest BCUT2D eigenvalue weighted by Crippen LogP contribution is -2.30. The predicted molar refractivity (Wildman–Crippen MR) is 109 cm³/mol. The Labute approximate surface area is 165 Å². The zero-order valence-electron chi connectivity index (χ0n) is 17.0. The van der Waals surface area contributed by atoms with Crippen LogP contribution in [0.3, 0.4) is 0 Å². The quantitative estimate of drug-likeness (QED) is 0.796. The van der Waals surface area contributed by atoms with Gasteiger partial charge in [0.25, 0.3) is 0 Å². The summed E-state index contributed by atoms with van der Waals surface area (Å²) in [4.78, 5) is 37.5. The van der Waals surface area contributed by atoms with Crippen LogP contribution in [-0.4, -0.2) is 26.8 Å². The Kier molecular flexibility index (Phi) is 5.84. The van der Waals surface area contributed by atoms with Gasteiger partial charge in [0.15, 0.2) is 5.82 Å². The first-order chi connectivity index (χ1) is 12.9. The highest BCUT2D eigenvalue weighted by molar-refractivity contribution is 5.95. The summed E-state index contributed by atoms with van der Waals surface area (Å²) in [6.07, 6.45) is 5.39. The highest BCUT2D eigenvalue weighted by Gasteiger charge is 2.25. The van der Waals surface area contributed by atoms with Gasteiger partial charge in [0.2, 0.25) is 23.7 Å². The molecular formula is C21H25N5O2. The number of hydrogen-bond donors (Lipinski definition) is 2. The van der Waals surface area contributed by atoms with Gasteiger partial charge >= 0.3 is 0 Å². The van der Waals surface area contributed by atoms with Crippen molar-refractivity contribution in [1.29, 1.82) is 0 Å². The van der Waals surface area contributed by atoms with Gasteiger partial charge in [-0.2, -0.15) is 15.0 Å². The molecule has 2 amide bonds. The summed E-state index contributed by atoms with van der Waals surface area (Å²) in [7, 11) is 0. The van der Waals surface area contributed by atoms with Crippen LogP contribution in [0.1, 0.15) is 47.1 Å². The van der Waals surface area contributed by atoms with Crippen molar-refractivity contribution in [3.8, 4) is 23.7 Å². The Hall–Kier alpha value is -3.27. The number of aromatic nitrogens is 3. The number of carbonyl (C=O) groups excluding carboxylic acids is 2. The molecule has 0 saturated carbocycles. The van der Waals surface area contributed by atoms with Gasteiger partial charge in [0.1, 0.15) is 0 Å². The maximum atomic E-state index is 12.3. The summed E-state index contributed by atoms with van der Waals surface area (Å²) < 4.78 is 0. The normalized spacial score (nSPS) is 11.5. The summed E-state index contributed by atoms with van der Waals surface area (Å²) in [6, 6.07) is 7.07. The predicted octanol–water partition coefficient (Wildman–Crippen LogP) is 3.49. The lowest BCUT2D eigenvalue weighted by molar-refractivity contribution is -0.123. The minimum atomic E-state index is -0.629. The zero-order chi connectivity index (χ0) is 21.1. The Morgan fingerprint density at radius 3 is 1.61 bits per heavy atom. The van der Waals surface area contributed by atoms with Gasteiger partial charge < -0.3 is 0 Å². The summed E-state index contributed by atoms with van der Waals surface area (Å²) in [5.74, 6) is 2.49. The van der Waals surface area contributed by atoms with E-state index in [0.29, 0.717) is 11.4 Å². The molecule has 0 aliphatic heterocycles. The van der Waals surface area contributed by atoms with E-state index in [1.807, 2.05) is 0 Å². The fraction of sp³-hybridized carbons (Fsp3) is 0.381. The second kappa shape index (κ2) is 7.77. The number of terminal acetylenes is 1. The number of nitrogens with zero attached hydrogens (tertiary/aromatic N) is 3. The average molecular weight is 379 g/mol. The standard InChI is InChI=1S/C21H25N5O2/c1-8-13-9-11-14(12-10-13)15-22-18(24-16(27)20(2,3)4)26-19(23-15)25-17(28)21(5,6)7/h1,9-12H,2-7H3,(H2,22,23,24,25,26,27,28). The van der Waals surface area contributed by atoms with Crippen molar-refractivity contribution in [2.75, 3.05) is 10.6 Å². The van der Waals surface area contributed by atoms with Gasteiger partial charge in [0, 0.05) is 22.0 Å². The van der Waals surface area contributed by atoms with Crippen LogP contribution in [0.2, 0.25) is 0 Å². The van der Waals surface area contributed by atoms with Crippen molar-refractivity contribution >= 4 is 23.7 Å². The third kappa shape index (κ3) is 5.36. The van der Waals surface area contributed by atoms with Gasteiger partial charge in [-0.1, -0.05) is 47.5 Å². The monoisotopic (exact) mass is 379 g/mol. The number of anilines is 2. The van der Waals surface area contributed by atoms with E-state index in [1.165, 1.54) is 0 Å². The third-order valence-electron chi connectivity index (χ3n) is 3.76. The van der Waals surface area contributed by atoms with Crippen molar-refractivity contribution in [2.24, 2.45) is 10.8 Å². The molecule has 28 heavy (non-hydrogen) atoms. The Morgan fingerprint density at radius 2 is 1.25 bits per heavy atom. The van der Waals surface area contributed by atoms with Gasteiger partial charge in [0.05, 0.1) is 0 Å². The van der Waals surface area contributed by atoms with Crippen molar-refractivity contribution in [2.45, 2.75) is 41.5 Å². The van der Waals surface area contributed by atoms with Crippen LogP contribution in [0.25, 0.3) is 11.4 Å². The molecule has 2 rings (SSSR count). The van der Waals surface area contributed by atoms with Crippen LogP contribution in [0.15, 0.2) is 24.3 Å². The largest absolute Gasteiger partial charge is 0.294 e. The smallest absolute Gasteiger partial charge is 0.234 e. The lowest BCUT2D eigenvalue weighted by Gasteiger charge is -2.19. The molecule has 0 spiro atoms. The number of nitrogens with one attached hydrogen (secondary N) is 2. The first-order valence-corrected chi connectivity index (χ1v) is 8.86. The van der Waals surface area contributed by atoms with Crippen LogP contribution in [0.4, 0.5) is 11.9 Å². The van der Waals surface area contributed by atoms with Crippen molar-refractivity contribution in [3.05, 3.63) is 29.8 Å². The third-order valence-corrected chi connectivity index (χ3v) is 3.76.